The molecule has 8 nitrogen and oxygen atoms in total. The van der Waals surface area contributed by atoms with Gasteiger partial charge < -0.3 is 18.7 Å². The number of aromatic nitrogens is 2. The molecule has 208 valence electrons. The highest BCUT2D eigenvalue weighted by Gasteiger charge is 2.38. The first kappa shape index (κ1) is 28.6. The Morgan fingerprint density at radius 1 is 1.11 bits per heavy atom. The summed E-state index contributed by atoms with van der Waals surface area (Å²) in [5.74, 6) is 0.407. The molecule has 4 rings (SSSR count). The highest BCUT2D eigenvalue weighted by Crippen LogP contribution is 2.37. The van der Waals surface area contributed by atoms with Crippen LogP contribution in [0, 0.1) is 11.2 Å². The standard InChI is InChI=1S/C28H41FN4O4Si/c1-26(2,3)38(7,8)37-16-20-10-9-11-22(24(20)29)21-14-30-25(31-15-21)33-13-12-23(33)32-36-19-28(6)17-34-27(4,5)35-18-28/h9-11,14-15H,12-13,16-19H2,1-8H3. The summed E-state index contributed by atoms with van der Waals surface area (Å²) in [5, 5.41) is 4.37. The lowest BCUT2D eigenvalue weighted by molar-refractivity contribution is -0.288. The molecule has 38 heavy (non-hydrogen) atoms. The van der Waals surface area contributed by atoms with Crippen molar-refractivity contribution < 1.29 is 23.1 Å². The lowest BCUT2D eigenvalue weighted by Crippen LogP contribution is -2.47. The molecule has 2 aromatic rings. The van der Waals surface area contributed by atoms with E-state index in [0.29, 0.717) is 42.5 Å². The molecule has 0 radical (unpaired) electrons. The first-order valence-corrected chi connectivity index (χ1v) is 16.1. The molecule has 0 unspecified atom stereocenters. The summed E-state index contributed by atoms with van der Waals surface area (Å²) in [6, 6.07) is 5.36. The van der Waals surface area contributed by atoms with E-state index in [9.17, 15) is 0 Å². The zero-order chi connectivity index (χ0) is 27.8. The van der Waals surface area contributed by atoms with Crippen molar-refractivity contribution in [1.82, 2.24) is 9.97 Å². The second-order valence-electron chi connectivity index (χ2n) is 12.6. The van der Waals surface area contributed by atoms with Gasteiger partial charge in [0.15, 0.2) is 19.9 Å². The van der Waals surface area contributed by atoms with E-state index in [4.69, 9.17) is 18.7 Å². The summed E-state index contributed by atoms with van der Waals surface area (Å²) in [4.78, 5) is 16.5. The van der Waals surface area contributed by atoms with E-state index in [-0.39, 0.29) is 22.9 Å². The minimum Gasteiger partial charge on any atom is -0.412 e. The number of anilines is 1. The van der Waals surface area contributed by atoms with E-state index in [1.54, 1.807) is 24.5 Å². The Balaban J connectivity index is 1.38. The summed E-state index contributed by atoms with van der Waals surface area (Å²) in [5.41, 5.74) is 1.35. The average molecular weight is 545 g/mol. The molecule has 2 fully saturated rings. The minimum absolute atomic E-state index is 0.0582. The van der Waals surface area contributed by atoms with Gasteiger partial charge in [-0.3, -0.25) is 4.90 Å². The van der Waals surface area contributed by atoms with Gasteiger partial charge in [-0.05, 0) is 32.0 Å². The smallest absolute Gasteiger partial charge is 0.230 e. The van der Waals surface area contributed by atoms with E-state index >= 15 is 4.39 Å². The monoisotopic (exact) mass is 544 g/mol. The van der Waals surface area contributed by atoms with Gasteiger partial charge in [-0.15, -0.1) is 0 Å². The number of rotatable bonds is 8. The largest absolute Gasteiger partial charge is 0.412 e. The molecule has 0 saturated carbocycles. The number of halogens is 1. The maximum Gasteiger partial charge on any atom is 0.230 e. The van der Waals surface area contributed by atoms with E-state index < -0.39 is 14.1 Å². The van der Waals surface area contributed by atoms with Crippen LogP contribution in [0.5, 0.6) is 0 Å². The fraction of sp³-hybridized carbons (Fsp3) is 0.607. The Labute approximate surface area is 226 Å². The van der Waals surface area contributed by atoms with Gasteiger partial charge in [-0.2, -0.15) is 0 Å². The molecule has 0 N–H and O–H groups in total. The second kappa shape index (κ2) is 10.6. The maximum atomic E-state index is 15.4. The van der Waals surface area contributed by atoms with E-state index in [1.165, 1.54) is 0 Å². The van der Waals surface area contributed by atoms with Crippen molar-refractivity contribution in [2.24, 2.45) is 10.6 Å². The first-order valence-electron chi connectivity index (χ1n) is 13.2. The van der Waals surface area contributed by atoms with Gasteiger partial charge >= 0.3 is 0 Å². The van der Waals surface area contributed by atoms with Gasteiger partial charge in [0.2, 0.25) is 5.95 Å². The predicted molar refractivity (Wildman–Crippen MR) is 149 cm³/mol. The molecule has 2 aliphatic heterocycles. The summed E-state index contributed by atoms with van der Waals surface area (Å²) >= 11 is 0. The third-order valence-electron chi connectivity index (χ3n) is 7.65. The van der Waals surface area contributed by atoms with Crippen LogP contribution in [0.4, 0.5) is 10.3 Å². The number of benzene rings is 1. The topological polar surface area (TPSA) is 78.3 Å². The highest BCUT2D eigenvalue weighted by molar-refractivity contribution is 6.74. The van der Waals surface area contributed by atoms with Crippen molar-refractivity contribution in [2.75, 3.05) is 31.3 Å². The molecule has 0 atom stereocenters. The average Bonchev–Trinajstić information content (AvgIpc) is 2.83. The summed E-state index contributed by atoms with van der Waals surface area (Å²) < 4.78 is 33.2. The van der Waals surface area contributed by atoms with Crippen molar-refractivity contribution in [2.45, 2.75) is 78.5 Å². The number of hydrogen-bond donors (Lipinski definition) is 0. The van der Waals surface area contributed by atoms with Gasteiger partial charge in [-0.25, -0.2) is 14.4 Å². The molecular formula is C28H41FN4O4Si. The fourth-order valence-corrected chi connectivity index (χ4v) is 4.70. The third-order valence-corrected chi connectivity index (χ3v) is 12.1. The maximum absolute atomic E-state index is 15.4. The van der Waals surface area contributed by atoms with E-state index in [0.717, 1.165) is 18.8 Å². The molecule has 2 saturated heterocycles. The summed E-state index contributed by atoms with van der Waals surface area (Å²) in [6.45, 7) is 19.2. The highest BCUT2D eigenvalue weighted by atomic mass is 28.4. The molecule has 1 aromatic heterocycles. The number of ether oxygens (including phenoxy) is 2. The Kier molecular flexibility index (Phi) is 8.00. The normalized spacial score (nSPS) is 20.3. The molecule has 1 aromatic carbocycles. The molecule has 0 aliphatic carbocycles. The zero-order valence-corrected chi connectivity index (χ0v) is 24.9. The van der Waals surface area contributed by atoms with Crippen molar-refractivity contribution in [3.05, 3.63) is 42.0 Å². The Bertz CT molecular complexity index is 1150. The fourth-order valence-electron chi connectivity index (χ4n) is 3.75. The number of oxime groups is 1. The molecule has 0 spiro atoms. The van der Waals surface area contributed by atoms with Crippen LogP contribution < -0.4 is 4.90 Å². The number of amidine groups is 1. The van der Waals surface area contributed by atoms with Crippen LogP contribution in [0.3, 0.4) is 0 Å². The second-order valence-corrected chi connectivity index (χ2v) is 17.4. The molecule has 10 heteroatoms. The molecule has 2 aliphatic rings. The quantitative estimate of drug-likeness (QED) is 0.292. The van der Waals surface area contributed by atoms with Crippen molar-refractivity contribution in [3.63, 3.8) is 0 Å². The van der Waals surface area contributed by atoms with E-state index in [1.807, 2.05) is 24.8 Å². The molecular weight excluding hydrogens is 503 g/mol. The van der Waals surface area contributed by atoms with Crippen LogP contribution in [0.15, 0.2) is 35.7 Å². The van der Waals surface area contributed by atoms with Crippen molar-refractivity contribution >= 4 is 20.1 Å². The van der Waals surface area contributed by atoms with Crippen LogP contribution in [0.25, 0.3) is 11.1 Å². The third kappa shape index (κ3) is 6.42. The van der Waals surface area contributed by atoms with Gasteiger partial charge in [0.05, 0.1) is 25.2 Å². The predicted octanol–water partition coefficient (Wildman–Crippen LogP) is 6.13. The van der Waals surface area contributed by atoms with Crippen LogP contribution in [0.2, 0.25) is 18.1 Å². The molecule has 0 amide bonds. The van der Waals surface area contributed by atoms with Gasteiger partial charge in [0.25, 0.3) is 0 Å². The van der Waals surface area contributed by atoms with Gasteiger partial charge in [0.1, 0.15) is 12.4 Å². The van der Waals surface area contributed by atoms with Crippen LogP contribution in [0.1, 0.15) is 53.5 Å². The lowest BCUT2D eigenvalue weighted by Gasteiger charge is -2.40. The number of hydrogen-bond acceptors (Lipinski definition) is 7. The first-order chi connectivity index (χ1) is 17.7. The Morgan fingerprint density at radius 3 is 2.34 bits per heavy atom. The van der Waals surface area contributed by atoms with Crippen molar-refractivity contribution in [1.29, 1.82) is 0 Å². The lowest BCUT2D eigenvalue weighted by atomic mass is 9.93. The zero-order valence-electron chi connectivity index (χ0n) is 23.9. The van der Waals surface area contributed by atoms with Gasteiger partial charge in [-0.1, -0.05) is 51.0 Å². The summed E-state index contributed by atoms with van der Waals surface area (Å²) in [7, 11) is -1.99. The van der Waals surface area contributed by atoms with Crippen LogP contribution in [-0.2, 0) is 25.3 Å². The molecule has 0 bridgehead atoms. The van der Waals surface area contributed by atoms with Crippen LogP contribution in [-0.4, -0.2) is 56.3 Å². The van der Waals surface area contributed by atoms with Crippen LogP contribution >= 0.6 is 0 Å². The number of nitrogens with zero attached hydrogens (tertiary/aromatic N) is 4. The minimum atomic E-state index is -1.99. The Hall–Kier alpha value is -2.40. The SMILES string of the molecule is CC1(CON=C2CCN2c2ncc(-c3cccc(CO[Si](C)(C)C(C)(C)C)c3F)cn2)COC(C)(C)OC1. The molecule has 3 heterocycles. The Morgan fingerprint density at radius 2 is 1.76 bits per heavy atom. The van der Waals surface area contributed by atoms with E-state index in [2.05, 4.69) is 55.9 Å². The van der Waals surface area contributed by atoms with Crippen molar-refractivity contribution in [3.8, 4) is 11.1 Å². The van der Waals surface area contributed by atoms with Gasteiger partial charge in [0, 0.05) is 42.0 Å². The summed E-state index contributed by atoms with van der Waals surface area (Å²) in [6.07, 6.45) is 4.07.